The Hall–Kier alpha value is -2.38. The van der Waals surface area contributed by atoms with Gasteiger partial charge in [-0.25, -0.2) is 4.39 Å². The molecule has 0 unspecified atom stereocenters. The van der Waals surface area contributed by atoms with Crippen LogP contribution in [0.3, 0.4) is 0 Å². The molecule has 174 valence electrons. The second kappa shape index (κ2) is 9.63. The van der Waals surface area contributed by atoms with Crippen molar-refractivity contribution in [3.63, 3.8) is 0 Å². The van der Waals surface area contributed by atoms with Crippen molar-refractivity contribution >= 4 is 23.0 Å². The third kappa shape index (κ3) is 6.33. The molecule has 3 rings (SSSR count). The smallest absolute Gasteiger partial charge is 0.173 e. The first-order valence-corrected chi connectivity index (χ1v) is 11.3. The van der Waals surface area contributed by atoms with Crippen molar-refractivity contribution < 1.29 is 13.9 Å². The summed E-state index contributed by atoms with van der Waals surface area (Å²) in [6, 6.07) is 12.4. The second-order valence-corrected chi connectivity index (χ2v) is 10.1. The number of nitrogens with one attached hydrogen (secondary N) is 2. The standard InChI is InChI=1S/C25H34FN3O2S/c1-24(2)14-20(15-25(3,4)28-24)29(16-17-7-9-18(26)10-8-17)23(32)27-19-11-21(30-5)13-22(12-19)31-6/h7-13,20,28H,14-16H2,1-6H3,(H,27,32). The molecule has 1 aliphatic heterocycles. The summed E-state index contributed by atoms with van der Waals surface area (Å²) in [7, 11) is 3.24. The van der Waals surface area contributed by atoms with Gasteiger partial charge in [-0.2, -0.15) is 0 Å². The molecule has 2 aromatic carbocycles. The van der Waals surface area contributed by atoms with Crippen LogP contribution in [0.2, 0.25) is 0 Å². The molecule has 0 aliphatic carbocycles. The largest absolute Gasteiger partial charge is 0.497 e. The molecule has 32 heavy (non-hydrogen) atoms. The lowest BCUT2D eigenvalue weighted by Gasteiger charge is -2.50. The number of hydrogen-bond donors (Lipinski definition) is 2. The molecule has 2 aromatic rings. The highest BCUT2D eigenvalue weighted by Crippen LogP contribution is 2.33. The lowest BCUT2D eigenvalue weighted by atomic mass is 9.79. The van der Waals surface area contributed by atoms with Gasteiger partial charge in [0.25, 0.3) is 0 Å². The van der Waals surface area contributed by atoms with Crippen LogP contribution in [0.15, 0.2) is 42.5 Å². The Morgan fingerprint density at radius 3 is 2.06 bits per heavy atom. The number of hydrogen-bond acceptors (Lipinski definition) is 4. The Labute approximate surface area is 196 Å². The van der Waals surface area contributed by atoms with Gasteiger partial charge in [-0.1, -0.05) is 12.1 Å². The first kappa shape index (κ1) is 24.3. The van der Waals surface area contributed by atoms with Gasteiger partial charge in [0.1, 0.15) is 17.3 Å². The Bertz CT molecular complexity index is 908. The number of halogens is 1. The molecule has 1 heterocycles. The van der Waals surface area contributed by atoms with Crippen LogP contribution < -0.4 is 20.1 Å². The summed E-state index contributed by atoms with van der Waals surface area (Å²) in [6.45, 7) is 9.48. The van der Waals surface area contributed by atoms with E-state index in [-0.39, 0.29) is 22.9 Å². The number of anilines is 1. The predicted octanol–water partition coefficient (Wildman–Crippen LogP) is 5.35. The SMILES string of the molecule is COc1cc(NC(=S)N(Cc2ccc(F)cc2)C2CC(C)(C)NC(C)(C)C2)cc(OC)c1. The van der Waals surface area contributed by atoms with E-state index in [1.807, 2.05) is 30.3 Å². The molecule has 2 N–H and O–H groups in total. The molecule has 0 amide bonds. The van der Waals surface area contributed by atoms with Crippen molar-refractivity contribution in [1.82, 2.24) is 10.2 Å². The average molecular weight is 460 g/mol. The van der Waals surface area contributed by atoms with Crippen LogP contribution in [0.25, 0.3) is 0 Å². The Kier molecular flexibility index (Phi) is 7.30. The number of piperidine rings is 1. The molecular weight excluding hydrogens is 425 g/mol. The summed E-state index contributed by atoms with van der Waals surface area (Å²) < 4.78 is 24.3. The van der Waals surface area contributed by atoms with Crippen molar-refractivity contribution in [3.8, 4) is 11.5 Å². The van der Waals surface area contributed by atoms with E-state index in [0.717, 1.165) is 24.1 Å². The molecule has 0 aromatic heterocycles. The van der Waals surface area contributed by atoms with E-state index < -0.39 is 0 Å². The van der Waals surface area contributed by atoms with Crippen molar-refractivity contribution in [2.24, 2.45) is 0 Å². The molecule has 1 aliphatic rings. The van der Waals surface area contributed by atoms with Gasteiger partial charge in [-0.3, -0.25) is 0 Å². The number of thiocarbonyl (C=S) groups is 1. The molecule has 0 spiro atoms. The minimum Gasteiger partial charge on any atom is -0.497 e. The van der Waals surface area contributed by atoms with Gasteiger partial charge in [0.15, 0.2) is 5.11 Å². The zero-order chi connectivity index (χ0) is 23.5. The van der Waals surface area contributed by atoms with Crippen LogP contribution in [0.5, 0.6) is 11.5 Å². The zero-order valence-corrected chi connectivity index (χ0v) is 20.6. The molecule has 0 radical (unpaired) electrons. The van der Waals surface area contributed by atoms with Crippen molar-refractivity contribution in [2.45, 2.75) is 64.2 Å². The number of methoxy groups -OCH3 is 2. The number of nitrogens with zero attached hydrogens (tertiary/aromatic N) is 1. The number of rotatable bonds is 6. The van der Waals surface area contributed by atoms with Gasteiger partial charge in [0, 0.05) is 47.6 Å². The summed E-state index contributed by atoms with van der Waals surface area (Å²) >= 11 is 5.91. The maximum absolute atomic E-state index is 13.5. The summed E-state index contributed by atoms with van der Waals surface area (Å²) in [4.78, 5) is 2.22. The van der Waals surface area contributed by atoms with Gasteiger partial charge in [0.2, 0.25) is 0 Å². The maximum Gasteiger partial charge on any atom is 0.173 e. The summed E-state index contributed by atoms with van der Waals surface area (Å²) in [5.41, 5.74) is 1.72. The first-order valence-electron chi connectivity index (χ1n) is 10.8. The molecule has 7 heteroatoms. The van der Waals surface area contributed by atoms with Gasteiger partial charge in [-0.15, -0.1) is 0 Å². The van der Waals surface area contributed by atoms with E-state index >= 15 is 0 Å². The molecular formula is C25H34FN3O2S. The number of benzene rings is 2. The third-order valence-electron chi connectivity index (χ3n) is 5.74. The quantitative estimate of drug-likeness (QED) is 0.568. The van der Waals surface area contributed by atoms with Crippen molar-refractivity contribution in [1.29, 1.82) is 0 Å². The van der Waals surface area contributed by atoms with Crippen LogP contribution in [0.4, 0.5) is 10.1 Å². The number of ether oxygens (including phenoxy) is 2. The Morgan fingerprint density at radius 1 is 1.03 bits per heavy atom. The first-order chi connectivity index (χ1) is 15.0. The molecule has 1 fully saturated rings. The zero-order valence-electron chi connectivity index (χ0n) is 19.8. The fourth-order valence-corrected chi connectivity index (χ4v) is 5.05. The topological polar surface area (TPSA) is 45.8 Å². The van der Waals surface area contributed by atoms with Gasteiger partial charge in [-0.05, 0) is 70.5 Å². The molecule has 1 saturated heterocycles. The third-order valence-corrected chi connectivity index (χ3v) is 6.08. The minimum atomic E-state index is -0.242. The van der Waals surface area contributed by atoms with Crippen LogP contribution in [-0.2, 0) is 6.54 Å². The molecule has 0 atom stereocenters. The lowest BCUT2D eigenvalue weighted by Crippen LogP contribution is -2.63. The summed E-state index contributed by atoms with van der Waals surface area (Å²) in [5, 5.41) is 7.73. The van der Waals surface area contributed by atoms with E-state index in [1.54, 1.807) is 14.2 Å². The van der Waals surface area contributed by atoms with Gasteiger partial charge < -0.3 is 25.0 Å². The van der Waals surface area contributed by atoms with E-state index in [0.29, 0.717) is 23.2 Å². The highest BCUT2D eigenvalue weighted by atomic mass is 32.1. The van der Waals surface area contributed by atoms with E-state index in [4.69, 9.17) is 21.7 Å². The van der Waals surface area contributed by atoms with Crippen molar-refractivity contribution in [2.75, 3.05) is 19.5 Å². The highest BCUT2D eigenvalue weighted by molar-refractivity contribution is 7.80. The minimum absolute atomic E-state index is 0.0394. The monoisotopic (exact) mass is 459 g/mol. The van der Waals surface area contributed by atoms with Crippen LogP contribution in [0, 0.1) is 5.82 Å². The molecule has 5 nitrogen and oxygen atoms in total. The molecule has 0 bridgehead atoms. The maximum atomic E-state index is 13.5. The average Bonchev–Trinajstić information content (AvgIpc) is 2.70. The van der Waals surface area contributed by atoms with Gasteiger partial charge >= 0.3 is 0 Å². The van der Waals surface area contributed by atoms with Gasteiger partial charge in [0.05, 0.1) is 14.2 Å². The van der Waals surface area contributed by atoms with Crippen LogP contribution in [-0.4, -0.2) is 41.4 Å². The Balaban J connectivity index is 1.91. The predicted molar refractivity (Wildman–Crippen MR) is 132 cm³/mol. The van der Waals surface area contributed by atoms with Crippen molar-refractivity contribution in [3.05, 3.63) is 53.8 Å². The highest BCUT2D eigenvalue weighted by Gasteiger charge is 2.40. The van der Waals surface area contributed by atoms with E-state index in [2.05, 4.69) is 43.2 Å². The van der Waals surface area contributed by atoms with Crippen LogP contribution in [0.1, 0.15) is 46.1 Å². The fraction of sp³-hybridized carbons (Fsp3) is 0.480. The molecule has 0 saturated carbocycles. The lowest BCUT2D eigenvalue weighted by molar-refractivity contribution is 0.101. The summed E-state index contributed by atoms with van der Waals surface area (Å²) in [6.07, 6.45) is 1.86. The van der Waals surface area contributed by atoms with E-state index in [1.165, 1.54) is 12.1 Å². The second-order valence-electron chi connectivity index (χ2n) is 9.74. The Morgan fingerprint density at radius 2 is 1.56 bits per heavy atom. The van der Waals surface area contributed by atoms with Crippen LogP contribution >= 0.6 is 12.2 Å². The fourth-order valence-electron chi connectivity index (χ4n) is 4.72. The van der Waals surface area contributed by atoms with E-state index in [9.17, 15) is 4.39 Å². The summed E-state index contributed by atoms with van der Waals surface area (Å²) in [5.74, 6) is 1.13. The normalized spacial score (nSPS) is 17.5.